The predicted octanol–water partition coefficient (Wildman–Crippen LogP) is 3.19. The number of unbranched alkanes of at least 4 members (excludes halogenated alkanes) is 2. The summed E-state index contributed by atoms with van der Waals surface area (Å²) in [4.78, 5) is 0. The third kappa shape index (κ3) is 5.53. The average Bonchev–Trinajstić information content (AvgIpc) is 2.29. The lowest BCUT2D eigenvalue weighted by atomic mass is 9.89. The summed E-state index contributed by atoms with van der Waals surface area (Å²) in [5, 5.41) is 2.42. The van der Waals surface area contributed by atoms with Crippen molar-refractivity contribution < 1.29 is 0 Å². The fourth-order valence-corrected chi connectivity index (χ4v) is 2.53. The van der Waals surface area contributed by atoms with Gasteiger partial charge in [-0.25, -0.2) is 5.01 Å². The number of nitrogens with zero attached hydrogens (tertiary/aromatic N) is 1. The second-order valence-corrected chi connectivity index (χ2v) is 4.88. The molecule has 0 unspecified atom stereocenters. The van der Waals surface area contributed by atoms with Gasteiger partial charge in [0.15, 0.2) is 0 Å². The van der Waals surface area contributed by atoms with Crippen molar-refractivity contribution in [3.05, 3.63) is 0 Å². The van der Waals surface area contributed by atoms with Gasteiger partial charge in [-0.05, 0) is 32.2 Å². The summed E-state index contributed by atoms with van der Waals surface area (Å²) in [5.74, 6) is 0.952. The lowest BCUT2D eigenvalue weighted by Crippen LogP contribution is -2.40. The average molecular weight is 212 g/mol. The molecule has 1 N–H and O–H groups in total. The number of hydrogen-bond acceptors (Lipinski definition) is 2. The Balaban J connectivity index is 2.13. The Hall–Kier alpha value is -0.0800. The van der Waals surface area contributed by atoms with Crippen molar-refractivity contribution in [1.82, 2.24) is 10.4 Å². The summed E-state index contributed by atoms with van der Waals surface area (Å²) < 4.78 is 0. The van der Waals surface area contributed by atoms with Gasteiger partial charge in [0.1, 0.15) is 0 Å². The summed E-state index contributed by atoms with van der Waals surface area (Å²) in [6.45, 7) is 4.76. The molecule has 1 fully saturated rings. The van der Waals surface area contributed by atoms with Crippen molar-refractivity contribution >= 4 is 0 Å². The lowest BCUT2D eigenvalue weighted by molar-refractivity contribution is 0.151. The number of hydrazine groups is 1. The highest BCUT2D eigenvalue weighted by atomic mass is 15.5. The van der Waals surface area contributed by atoms with E-state index in [-0.39, 0.29) is 0 Å². The zero-order chi connectivity index (χ0) is 10.9. The van der Waals surface area contributed by atoms with Crippen LogP contribution in [-0.4, -0.2) is 25.1 Å². The molecule has 0 aromatic heterocycles. The quantitative estimate of drug-likeness (QED) is 0.515. The minimum atomic E-state index is 0.952. The van der Waals surface area contributed by atoms with Crippen LogP contribution in [0.4, 0.5) is 0 Å². The van der Waals surface area contributed by atoms with Gasteiger partial charge in [-0.2, -0.15) is 0 Å². The summed E-state index contributed by atoms with van der Waals surface area (Å²) >= 11 is 0. The topological polar surface area (TPSA) is 15.3 Å². The van der Waals surface area contributed by atoms with Gasteiger partial charge >= 0.3 is 0 Å². The molecule has 0 amide bonds. The Kier molecular flexibility index (Phi) is 7.03. The Labute approximate surface area is 95.4 Å². The van der Waals surface area contributed by atoms with Crippen LogP contribution in [0.2, 0.25) is 0 Å². The fraction of sp³-hybridized carbons (Fsp3) is 1.00. The van der Waals surface area contributed by atoms with E-state index >= 15 is 0 Å². The van der Waals surface area contributed by atoms with Crippen LogP contribution in [0, 0.1) is 5.92 Å². The largest absolute Gasteiger partial charge is 0.258 e. The third-order valence-electron chi connectivity index (χ3n) is 3.55. The molecule has 0 aromatic rings. The zero-order valence-electron chi connectivity index (χ0n) is 10.6. The molecule has 2 nitrogen and oxygen atoms in total. The van der Waals surface area contributed by atoms with Crippen molar-refractivity contribution in [3.8, 4) is 0 Å². The maximum atomic E-state index is 3.34. The molecule has 1 rings (SSSR count). The summed E-state index contributed by atoms with van der Waals surface area (Å²) in [7, 11) is 2.06. The molecule has 0 radical (unpaired) electrons. The minimum Gasteiger partial charge on any atom is -0.258 e. The molecule has 0 bridgehead atoms. The smallest absolute Gasteiger partial charge is 0.0159 e. The van der Waals surface area contributed by atoms with Crippen LogP contribution in [0.5, 0.6) is 0 Å². The minimum absolute atomic E-state index is 0.952. The van der Waals surface area contributed by atoms with E-state index in [1.807, 2.05) is 0 Å². The number of rotatable bonds is 7. The first kappa shape index (κ1) is 13.0. The van der Waals surface area contributed by atoms with Crippen LogP contribution in [0.1, 0.15) is 58.3 Å². The van der Waals surface area contributed by atoms with Gasteiger partial charge in [-0.15, -0.1) is 0 Å². The van der Waals surface area contributed by atoms with E-state index in [0.717, 1.165) is 5.92 Å². The fourth-order valence-electron chi connectivity index (χ4n) is 2.53. The molecular weight excluding hydrogens is 184 g/mol. The van der Waals surface area contributed by atoms with Crippen LogP contribution in [0.25, 0.3) is 0 Å². The molecule has 0 aliphatic heterocycles. The molecule has 1 aliphatic carbocycles. The first-order valence-corrected chi connectivity index (χ1v) is 6.79. The molecule has 0 atom stereocenters. The van der Waals surface area contributed by atoms with Crippen LogP contribution in [-0.2, 0) is 0 Å². The second-order valence-electron chi connectivity index (χ2n) is 4.88. The van der Waals surface area contributed by atoms with Crippen molar-refractivity contribution in [2.45, 2.75) is 58.3 Å². The van der Waals surface area contributed by atoms with Crippen molar-refractivity contribution in [2.75, 3.05) is 20.1 Å². The molecule has 1 saturated carbocycles. The third-order valence-corrected chi connectivity index (χ3v) is 3.55. The van der Waals surface area contributed by atoms with Gasteiger partial charge in [0.2, 0.25) is 0 Å². The highest BCUT2D eigenvalue weighted by molar-refractivity contribution is 4.68. The zero-order valence-corrected chi connectivity index (χ0v) is 10.6. The molecule has 1 aliphatic rings. The van der Waals surface area contributed by atoms with E-state index in [1.165, 1.54) is 64.5 Å². The maximum absolute atomic E-state index is 3.34. The molecule has 90 valence electrons. The van der Waals surface area contributed by atoms with Gasteiger partial charge < -0.3 is 0 Å². The number of nitrogens with one attached hydrogen (secondary N) is 1. The van der Waals surface area contributed by atoms with Crippen molar-refractivity contribution in [1.29, 1.82) is 0 Å². The van der Waals surface area contributed by atoms with Gasteiger partial charge in [0.25, 0.3) is 0 Å². The van der Waals surface area contributed by atoms with E-state index in [0.29, 0.717) is 0 Å². The Morgan fingerprint density at radius 2 is 1.87 bits per heavy atom. The normalized spacial score (nSPS) is 18.6. The molecule has 0 spiro atoms. The molecule has 2 heteroatoms. The monoisotopic (exact) mass is 212 g/mol. The molecule has 0 aromatic carbocycles. The van der Waals surface area contributed by atoms with E-state index in [9.17, 15) is 0 Å². The Morgan fingerprint density at radius 1 is 1.13 bits per heavy atom. The van der Waals surface area contributed by atoms with Gasteiger partial charge in [-0.3, -0.25) is 5.43 Å². The first-order valence-electron chi connectivity index (χ1n) is 6.79. The standard InChI is InChI=1S/C13H28N2/c1-3-4-8-11-15(14-2)12-13-9-6-5-7-10-13/h13-14H,3-12H2,1-2H3. The SMILES string of the molecule is CCCCCN(CC1CCCCC1)NC. The van der Waals surface area contributed by atoms with Gasteiger partial charge in [-0.1, -0.05) is 39.0 Å². The first-order chi connectivity index (χ1) is 7.36. The van der Waals surface area contributed by atoms with E-state index < -0.39 is 0 Å². The van der Waals surface area contributed by atoms with Crippen LogP contribution >= 0.6 is 0 Å². The molecular formula is C13H28N2. The predicted molar refractivity (Wildman–Crippen MR) is 66.7 cm³/mol. The highest BCUT2D eigenvalue weighted by Crippen LogP contribution is 2.24. The van der Waals surface area contributed by atoms with Crippen molar-refractivity contribution in [3.63, 3.8) is 0 Å². The Bertz CT molecular complexity index is 141. The van der Waals surface area contributed by atoms with Gasteiger partial charge in [0.05, 0.1) is 0 Å². The van der Waals surface area contributed by atoms with Crippen LogP contribution in [0.15, 0.2) is 0 Å². The van der Waals surface area contributed by atoms with E-state index in [1.54, 1.807) is 0 Å². The number of hydrogen-bond donors (Lipinski definition) is 1. The van der Waals surface area contributed by atoms with E-state index in [4.69, 9.17) is 0 Å². The van der Waals surface area contributed by atoms with Crippen LogP contribution < -0.4 is 5.43 Å². The Morgan fingerprint density at radius 3 is 2.47 bits per heavy atom. The van der Waals surface area contributed by atoms with Crippen LogP contribution in [0.3, 0.4) is 0 Å². The lowest BCUT2D eigenvalue weighted by Gasteiger charge is -2.29. The summed E-state index contributed by atoms with van der Waals surface area (Å²) in [5.41, 5.74) is 3.34. The maximum Gasteiger partial charge on any atom is 0.0159 e. The molecule has 0 saturated heterocycles. The molecule has 0 heterocycles. The summed E-state index contributed by atoms with van der Waals surface area (Å²) in [6.07, 6.45) is 11.3. The van der Waals surface area contributed by atoms with E-state index in [2.05, 4.69) is 24.4 Å². The highest BCUT2D eigenvalue weighted by Gasteiger charge is 2.15. The second kappa shape index (κ2) is 8.12. The van der Waals surface area contributed by atoms with Gasteiger partial charge in [0, 0.05) is 13.1 Å². The van der Waals surface area contributed by atoms with Crippen molar-refractivity contribution in [2.24, 2.45) is 5.92 Å². The molecule has 15 heavy (non-hydrogen) atoms. The summed E-state index contributed by atoms with van der Waals surface area (Å²) in [6, 6.07) is 0.